The number of nitrogens with zero attached hydrogens (tertiary/aromatic N) is 4. The molecule has 0 aliphatic carbocycles. The van der Waals surface area contributed by atoms with Crippen LogP contribution in [0, 0.1) is 0 Å². The predicted octanol–water partition coefficient (Wildman–Crippen LogP) is 5.03. The van der Waals surface area contributed by atoms with E-state index in [0.29, 0.717) is 23.7 Å². The molecule has 0 unspecified atom stereocenters. The third-order valence-electron chi connectivity index (χ3n) is 4.14. The van der Waals surface area contributed by atoms with Gasteiger partial charge in [0.1, 0.15) is 17.9 Å². The molecule has 0 bridgehead atoms. The molecule has 2 aromatic heterocycles. The number of alkyl halides is 3. The van der Waals surface area contributed by atoms with Gasteiger partial charge in [0.05, 0.1) is 18.4 Å². The first kappa shape index (κ1) is 19.4. The molecule has 4 aromatic rings. The van der Waals surface area contributed by atoms with Crippen LogP contribution in [0.15, 0.2) is 79.4 Å². The SMILES string of the molecule is FC(F)(F)Oc1ccc(Nc2cc(-c3cnn(Cc4ccccc4)c3)ncn2)cc1. The second-order valence-electron chi connectivity index (χ2n) is 6.40. The summed E-state index contributed by atoms with van der Waals surface area (Å²) in [6, 6.07) is 17.1. The van der Waals surface area contributed by atoms with Gasteiger partial charge < -0.3 is 10.1 Å². The van der Waals surface area contributed by atoms with Crippen LogP contribution in [0.25, 0.3) is 11.3 Å². The Hall–Kier alpha value is -3.88. The maximum absolute atomic E-state index is 12.3. The standard InChI is InChI=1S/C21H16F3N5O/c22-21(23,24)30-18-8-6-17(7-9-18)28-20-10-19(25-14-26-20)16-11-27-29(13-16)12-15-4-2-1-3-5-15/h1-11,13-14H,12H2,(H,25,26,28). The van der Waals surface area contributed by atoms with Gasteiger partial charge in [0.25, 0.3) is 0 Å². The van der Waals surface area contributed by atoms with E-state index in [2.05, 4.69) is 25.1 Å². The summed E-state index contributed by atoms with van der Waals surface area (Å²) in [5.74, 6) is 0.211. The van der Waals surface area contributed by atoms with Crippen molar-refractivity contribution in [3.8, 4) is 17.0 Å². The second-order valence-corrected chi connectivity index (χ2v) is 6.40. The quantitative estimate of drug-likeness (QED) is 0.482. The molecule has 30 heavy (non-hydrogen) atoms. The molecular weight excluding hydrogens is 395 g/mol. The van der Waals surface area contributed by atoms with Crippen LogP contribution in [-0.4, -0.2) is 26.1 Å². The minimum Gasteiger partial charge on any atom is -0.406 e. The minimum absolute atomic E-state index is 0.290. The molecule has 0 amide bonds. The lowest BCUT2D eigenvalue weighted by Gasteiger charge is -2.10. The van der Waals surface area contributed by atoms with Gasteiger partial charge in [-0.1, -0.05) is 30.3 Å². The van der Waals surface area contributed by atoms with Crippen molar-refractivity contribution >= 4 is 11.5 Å². The van der Waals surface area contributed by atoms with E-state index < -0.39 is 6.36 Å². The molecule has 152 valence electrons. The summed E-state index contributed by atoms with van der Waals surface area (Å²) in [6.45, 7) is 0.642. The highest BCUT2D eigenvalue weighted by molar-refractivity contribution is 5.64. The summed E-state index contributed by atoms with van der Waals surface area (Å²) in [5.41, 5.74) is 3.19. The van der Waals surface area contributed by atoms with Crippen molar-refractivity contribution in [2.75, 3.05) is 5.32 Å². The monoisotopic (exact) mass is 411 g/mol. The van der Waals surface area contributed by atoms with E-state index in [9.17, 15) is 13.2 Å². The van der Waals surface area contributed by atoms with E-state index >= 15 is 0 Å². The van der Waals surface area contributed by atoms with Gasteiger partial charge in [-0.3, -0.25) is 4.68 Å². The first-order chi connectivity index (χ1) is 14.4. The van der Waals surface area contributed by atoms with E-state index in [0.717, 1.165) is 11.1 Å². The molecule has 0 radical (unpaired) electrons. The zero-order chi connectivity index (χ0) is 21.0. The fourth-order valence-electron chi connectivity index (χ4n) is 2.82. The topological polar surface area (TPSA) is 64.9 Å². The average Bonchev–Trinajstić information content (AvgIpc) is 3.18. The van der Waals surface area contributed by atoms with Crippen LogP contribution in [0.2, 0.25) is 0 Å². The summed E-state index contributed by atoms with van der Waals surface area (Å²) < 4.78 is 42.5. The Kier molecular flexibility index (Phi) is 5.34. The van der Waals surface area contributed by atoms with Gasteiger partial charge in [0.15, 0.2) is 0 Å². The van der Waals surface area contributed by atoms with Crippen molar-refractivity contribution in [2.45, 2.75) is 12.9 Å². The molecule has 0 saturated carbocycles. The number of anilines is 2. The third-order valence-corrected chi connectivity index (χ3v) is 4.14. The van der Waals surface area contributed by atoms with Gasteiger partial charge in [0.2, 0.25) is 0 Å². The number of aromatic nitrogens is 4. The second kappa shape index (κ2) is 8.24. The molecule has 9 heteroatoms. The van der Waals surface area contributed by atoms with Crippen LogP contribution in [0.1, 0.15) is 5.56 Å². The summed E-state index contributed by atoms with van der Waals surface area (Å²) in [6.07, 6.45) is 0.301. The van der Waals surface area contributed by atoms with Gasteiger partial charge in [-0.15, -0.1) is 13.2 Å². The Balaban J connectivity index is 1.45. The Morgan fingerprint density at radius 1 is 0.967 bits per heavy atom. The van der Waals surface area contributed by atoms with Crippen molar-refractivity contribution in [1.82, 2.24) is 19.7 Å². The molecule has 2 aromatic carbocycles. The number of rotatable bonds is 6. The Morgan fingerprint density at radius 2 is 1.73 bits per heavy atom. The number of ether oxygens (including phenoxy) is 1. The molecule has 1 N–H and O–H groups in total. The van der Waals surface area contributed by atoms with E-state index in [1.807, 2.05) is 41.2 Å². The van der Waals surface area contributed by atoms with Crippen LogP contribution < -0.4 is 10.1 Å². The molecule has 4 rings (SSSR count). The normalized spacial score (nSPS) is 11.3. The van der Waals surface area contributed by atoms with Gasteiger partial charge in [0, 0.05) is 23.5 Å². The lowest BCUT2D eigenvalue weighted by molar-refractivity contribution is -0.274. The summed E-state index contributed by atoms with van der Waals surface area (Å²) in [4.78, 5) is 8.43. The van der Waals surface area contributed by atoms with Crippen LogP contribution >= 0.6 is 0 Å². The highest BCUT2D eigenvalue weighted by atomic mass is 19.4. The van der Waals surface area contributed by atoms with Crippen LogP contribution in [0.3, 0.4) is 0 Å². The number of nitrogens with one attached hydrogen (secondary N) is 1. The zero-order valence-electron chi connectivity index (χ0n) is 15.5. The van der Waals surface area contributed by atoms with Crippen LogP contribution in [0.4, 0.5) is 24.7 Å². The number of benzene rings is 2. The van der Waals surface area contributed by atoms with Gasteiger partial charge in [-0.2, -0.15) is 5.10 Å². The molecule has 0 spiro atoms. The zero-order valence-corrected chi connectivity index (χ0v) is 15.5. The van der Waals surface area contributed by atoms with E-state index in [1.165, 1.54) is 30.6 Å². The smallest absolute Gasteiger partial charge is 0.406 e. The third kappa shape index (κ3) is 5.13. The van der Waals surface area contributed by atoms with Crippen molar-refractivity contribution < 1.29 is 17.9 Å². The highest BCUT2D eigenvalue weighted by Gasteiger charge is 2.30. The fourth-order valence-corrected chi connectivity index (χ4v) is 2.82. The van der Waals surface area contributed by atoms with Gasteiger partial charge in [-0.25, -0.2) is 9.97 Å². The molecule has 0 saturated heterocycles. The van der Waals surface area contributed by atoms with Crippen LogP contribution in [0.5, 0.6) is 5.75 Å². The van der Waals surface area contributed by atoms with Gasteiger partial charge >= 0.3 is 6.36 Å². The maximum Gasteiger partial charge on any atom is 0.573 e. The van der Waals surface area contributed by atoms with Crippen LogP contribution in [-0.2, 0) is 6.54 Å². The number of hydrogen-bond donors (Lipinski definition) is 1. The minimum atomic E-state index is -4.72. The maximum atomic E-state index is 12.3. The van der Waals surface area contributed by atoms with E-state index in [-0.39, 0.29) is 5.75 Å². The van der Waals surface area contributed by atoms with Gasteiger partial charge in [-0.05, 0) is 29.8 Å². The molecular formula is C21H16F3N5O. The highest BCUT2D eigenvalue weighted by Crippen LogP contribution is 2.26. The molecule has 0 fully saturated rings. The molecule has 2 heterocycles. The number of hydrogen-bond acceptors (Lipinski definition) is 5. The first-order valence-corrected chi connectivity index (χ1v) is 8.96. The predicted molar refractivity (Wildman–Crippen MR) is 105 cm³/mol. The van der Waals surface area contributed by atoms with E-state index in [4.69, 9.17) is 0 Å². The summed E-state index contributed by atoms with van der Waals surface area (Å²) >= 11 is 0. The Bertz CT molecular complexity index is 1110. The molecule has 0 aliphatic heterocycles. The lowest BCUT2D eigenvalue weighted by Crippen LogP contribution is -2.16. The molecule has 0 aliphatic rings. The lowest BCUT2D eigenvalue weighted by atomic mass is 10.2. The first-order valence-electron chi connectivity index (χ1n) is 8.96. The Labute approximate surface area is 170 Å². The number of halogens is 3. The molecule has 6 nitrogen and oxygen atoms in total. The van der Waals surface area contributed by atoms with Crippen molar-refractivity contribution in [3.05, 3.63) is 84.9 Å². The average molecular weight is 411 g/mol. The van der Waals surface area contributed by atoms with Crippen molar-refractivity contribution in [3.63, 3.8) is 0 Å². The van der Waals surface area contributed by atoms with Crippen molar-refractivity contribution in [1.29, 1.82) is 0 Å². The summed E-state index contributed by atoms with van der Waals surface area (Å²) in [5, 5.41) is 7.41. The Morgan fingerprint density at radius 3 is 2.47 bits per heavy atom. The van der Waals surface area contributed by atoms with E-state index in [1.54, 1.807) is 12.3 Å². The summed E-state index contributed by atoms with van der Waals surface area (Å²) in [7, 11) is 0. The largest absolute Gasteiger partial charge is 0.573 e. The van der Waals surface area contributed by atoms with Crippen molar-refractivity contribution in [2.24, 2.45) is 0 Å². The molecule has 0 atom stereocenters. The fraction of sp³-hybridized carbons (Fsp3) is 0.0952.